The summed E-state index contributed by atoms with van der Waals surface area (Å²) < 4.78 is 1.32. The van der Waals surface area contributed by atoms with Crippen LogP contribution in [0.15, 0.2) is 34.2 Å². The Morgan fingerprint density at radius 2 is 2.17 bits per heavy atom. The van der Waals surface area contributed by atoms with Gasteiger partial charge in [0.15, 0.2) is 0 Å². The summed E-state index contributed by atoms with van der Waals surface area (Å²) in [4.78, 5) is 33.4. The Labute approximate surface area is 109 Å². The Morgan fingerprint density at radius 3 is 2.89 bits per heavy atom. The molecule has 3 aromatic heterocycles. The van der Waals surface area contributed by atoms with E-state index in [-0.39, 0.29) is 0 Å². The second kappa shape index (κ2) is 4.04. The Kier molecular flexibility index (Phi) is 2.49. The van der Waals surface area contributed by atoms with Crippen LogP contribution in [-0.4, -0.2) is 19.5 Å². The summed E-state index contributed by atoms with van der Waals surface area (Å²) in [5.41, 5.74) is -0.937. The van der Waals surface area contributed by atoms with Crippen molar-refractivity contribution in [1.82, 2.24) is 19.5 Å². The largest absolute Gasteiger partial charge is 0.333 e. The Balaban J connectivity index is 2.29. The molecule has 0 bridgehead atoms. The molecule has 0 fully saturated rings. The van der Waals surface area contributed by atoms with E-state index in [0.29, 0.717) is 20.4 Å². The van der Waals surface area contributed by atoms with Gasteiger partial charge in [-0.3, -0.25) is 14.3 Å². The molecule has 18 heavy (non-hydrogen) atoms. The lowest BCUT2D eigenvalue weighted by atomic mass is 10.4. The lowest BCUT2D eigenvalue weighted by Crippen LogP contribution is -2.26. The molecule has 0 radical (unpaired) electrons. The summed E-state index contributed by atoms with van der Waals surface area (Å²) in [5.74, 6) is 0. The SMILES string of the molecule is O=c1ccn(-c2cc3c(Cl)ncnc3s2)c(=O)[nH]1. The van der Waals surface area contributed by atoms with E-state index in [9.17, 15) is 9.59 Å². The number of thiophene rings is 1. The molecule has 3 aromatic rings. The van der Waals surface area contributed by atoms with Crippen molar-refractivity contribution in [3.05, 3.63) is 50.6 Å². The molecule has 90 valence electrons. The fraction of sp³-hybridized carbons (Fsp3) is 0. The number of hydrogen-bond acceptors (Lipinski definition) is 5. The predicted octanol–water partition coefficient (Wildman–Crippen LogP) is 1.18. The predicted molar refractivity (Wildman–Crippen MR) is 68.6 cm³/mol. The van der Waals surface area contributed by atoms with Crippen molar-refractivity contribution >= 4 is 33.2 Å². The second-order valence-electron chi connectivity index (χ2n) is 3.45. The third kappa shape index (κ3) is 1.73. The minimum absolute atomic E-state index is 0.333. The fourth-order valence-corrected chi connectivity index (χ4v) is 2.75. The van der Waals surface area contributed by atoms with Crippen molar-refractivity contribution in [2.24, 2.45) is 0 Å². The maximum Gasteiger partial charge on any atom is 0.333 e. The van der Waals surface area contributed by atoms with Gasteiger partial charge in [0.25, 0.3) is 5.56 Å². The molecule has 0 aliphatic carbocycles. The van der Waals surface area contributed by atoms with Crippen LogP contribution < -0.4 is 11.2 Å². The van der Waals surface area contributed by atoms with Crippen LogP contribution in [0.3, 0.4) is 0 Å². The van der Waals surface area contributed by atoms with Crippen LogP contribution in [-0.2, 0) is 0 Å². The van der Waals surface area contributed by atoms with E-state index in [0.717, 1.165) is 0 Å². The topological polar surface area (TPSA) is 80.6 Å². The maximum atomic E-state index is 11.6. The number of fused-ring (bicyclic) bond motifs is 1. The third-order valence-electron chi connectivity index (χ3n) is 2.33. The first kappa shape index (κ1) is 11.1. The molecule has 0 saturated heterocycles. The molecule has 0 atom stereocenters. The Hall–Kier alpha value is -1.99. The fourth-order valence-electron chi connectivity index (χ4n) is 1.52. The number of halogens is 1. The van der Waals surface area contributed by atoms with Gasteiger partial charge >= 0.3 is 5.69 Å². The Bertz CT molecular complexity index is 851. The Morgan fingerprint density at radius 1 is 1.33 bits per heavy atom. The van der Waals surface area contributed by atoms with Crippen LogP contribution in [0.1, 0.15) is 0 Å². The minimum Gasteiger partial charge on any atom is -0.274 e. The standard InChI is InChI=1S/C10H5ClN4O2S/c11-8-5-3-7(18-9(5)13-4-12-8)15-2-1-6(16)14-10(15)17/h1-4H,(H,14,16,17). The van der Waals surface area contributed by atoms with Gasteiger partial charge in [-0.15, -0.1) is 0 Å². The van der Waals surface area contributed by atoms with Gasteiger partial charge in [0.05, 0.1) is 5.39 Å². The molecular weight excluding hydrogens is 276 g/mol. The molecule has 3 heterocycles. The monoisotopic (exact) mass is 280 g/mol. The summed E-state index contributed by atoms with van der Waals surface area (Å²) in [6.45, 7) is 0. The maximum absolute atomic E-state index is 11.6. The van der Waals surface area contributed by atoms with Gasteiger partial charge in [0.1, 0.15) is 21.3 Å². The zero-order chi connectivity index (χ0) is 12.7. The zero-order valence-corrected chi connectivity index (χ0v) is 10.3. The molecular formula is C10H5ClN4O2S. The molecule has 1 N–H and O–H groups in total. The smallest absolute Gasteiger partial charge is 0.274 e. The molecule has 0 unspecified atom stereocenters. The number of nitrogens with one attached hydrogen (secondary N) is 1. The van der Waals surface area contributed by atoms with E-state index < -0.39 is 11.2 Å². The highest BCUT2D eigenvalue weighted by Gasteiger charge is 2.09. The lowest BCUT2D eigenvalue weighted by Gasteiger charge is -1.98. The van der Waals surface area contributed by atoms with E-state index in [1.54, 1.807) is 6.07 Å². The van der Waals surface area contributed by atoms with E-state index in [1.807, 2.05) is 0 Å². The quantitative estimate of drug-likeness (QED) is 0.679. The number of nitrogens with zero attached hydrogens (tertiary/aromatic N) is 3. The molecule has 0 amide bonds. The molecule has 3 rings (SSSR count). The van der Waals surface area contributed by atoms with Gasteiger partial charge in [0.2, 0.25) is 0 Å². The van der Waals surface area contributed by atoms with Gasteiger partial charge in [-0.1, -0.05) is 22.9 Å². The number of aromatic nitrogens is 4. The molecule has 0 aliphatic heterocycles. The first-order chi connectivity index (χ1) is 8.65. The van der Waals surface area contributed by atoms with Crippen LogP contribution in [0.2, 0.25) is 5.15 Å². The van der Waals surface area contributed by atoms with Crippen molar-refractivity contribution in [3.8, 4) is 5.00 Å². The van der Waals surface area contributed by atoms with Gasteiger partial charge in [0, 0.05) is 12.3 Å². The summed E-state index contributed by atoms with van der Waals surface area (Å²) in [5, 5.41) is 1.63. The molecule has 0 spiro atoms. The highest BCUT2D eigenvalue weighted by Crippen LogP contribution is 2.29. The van der Waals surface area contributed by atoms with Crippen LogP contribution in [0.4, 0.5) is 0 Å². The van der Waals surface area contributed by atoms with Crippen LogP contribution in [0, 0.1) is 0 Å². The van der Waals surface area contributed by atoms with Crippen molar-refractivity contribution in [2.45, 2.75) is 0 Å². The number of rotatable bonds is 1. The molecule has 8 heteroatoms. The van der Waals surface area contributed by atoms with Crippen molar-refractivity contribution < 1.29 is 0 Å². The van der Waals surface area contributed by atoms with Gasteiger partial charge in [-0.2, -0.15) is 0 Å². The zero-order valence-electron chi connectivity index (χ0n) is 8.75. The second-order valence-corrected chi connectivity index (χ2v) is 4.82. The van der Waals surface area contributed by atoms with E-state index >= 15 is 0 Å². The molecule has 6 nitrogen and oxygen atoms in total. The van der Waals surface area contributed by atoms with Crippen LogP contribution in [0.25, 0.3) is 15.2 Å². The van der Waals surface area contributed by atoms with Crippen LogP contribution in [0.5, 0.6) is 0 Å². The van der Waals surface area contributed by atoms with Crippen LogP contribution >= 0.6 is 22.9 Å². The first-order valence-electron chi connectivity index (χ1n) is 4.87. The molecule has 0 aliphatic rings. The average Bonchev–Trinajstić information content (AvgIpc) is 2.74. The number of H-pyrrole nitrogens is 1. The normalized spacial score (nSPS) is 10.9. The van der Waals surface area contributed by atoms with E-state index in [4.69, 9.17) is 11.6 Å². The summed E-state index contributed by atoms with van der Waals surface area (Å²) >= 11 is 7.22. The summed E-state index contributed by atoms with van der Waals surface area (Å²) in [7, 11) is 0. The third-order valence-corrected chi connectivity index (χ3v) is 3.67. The molecule has 0 aromatic carbocycles. The highest BCUT2D eigenvalue weighted by atomic mass is 35.5. The van der Waals surface area contributed by atoms with Crippen molar-refractivity contribution in [2.75, 3.05) is 0 Å². The molecule has 0 saturated carbocycles. The summed E-state index contributed by atoms with van der Waals surface area (Å²) in [6, 6.07) is 2.99. The van der Waals surface area contributed by atoms with Crippen molar-refractivity contribution in [3.63, 3.8) is 0 Å². The summed E-state index contributed by atoms with van der Waals surface area (Å²) in [6.07, 6.45) is 2.77. The first-order valence-corrected chi connectivity index (χ1v) is 6.07. The van der Waals surface area contributed by atoms with Gasteiger partial charge in [-0.25, -0.2) is 14.8 Å². The minimum atomic E-state index is -0.502. The van der Waals surface area contributed by atoms with E-state index in [2.05, 4.69) is 15.0 Å². The average molecular weight is 281 g/mol. The number of hydrogen-bond donors (Lipinski definition) is 1. The highest BCUT2D eigenvalue weighted by molar-refractivity contribution is 7.21. The number of aromatic amines is 1. The lowest BCUT2D eigenvalue weighted by molar-refractivity contribution is 0.910. The van der Waals surface area contributed by atoms with E-state index in [1.165, 1.54) is 34.5 Å². The van der Waals surface area contributed by atoms with Crippen molar-refractivity contribution in [1.29, 1.82) is 0 Å². The van der Waals surface area contributed by atoms with Gasteiger partial charge < -0.3 is 0 Å². The van der Waals surface area contributed by atoms with Gasteiger partial charge in [-0.05, 0) is 6.07 Å².